The molecule has 0 saturated carbocycles. The lowest BCUT2D eigenvalue weighted by molar-refractivity contribution is -0.162. The zero-order valence-corrected chi connectivity index (χ0v) is 32.9. The van der Waals surface area contributed by atoms with Crippen LogP contribution in [0.2, 0.25) is 0 Å². The molecule has 288 valence electrons. The van der Waals surface area contributed by atoms with Crippen molar-refractivity contribution in [2.45, 2.75) is 194 Å². The fourth-order valence-electron chi connectivity index (χ4n) is 5.52. The van der Waals surface area contributed by atoms with E-state index in [9.17, 15) is 9.59 Å². The minimum absolute atomic E-state index is 0.0325. The standard InChI is InChI=1S/C45H78O5/c1-4-7-10-13-16-18-20-22-23-24-25-27-30-32-35-38-44(46)49-42-43(50-45(47)39-36-33-29-15-12-9-6-3)41-48-40-37-34-31-28-26-21-19-17-14-11-8-5-2/h7,10,16,18,22-23,25,27,32,35,43H,4-6,8-9,11-15,17,19-21,24,26,28-31,33-34,36-42H2,1-3H3/b10-7-,18-16-,23-22-,27-25-,35-32-. The quantitative estimate of drug-likeness (QED) is 0.0367. The molecule has 0 amide bonds. The third kappa shape index (κ3) is 38.4. The molecule has 0 aromatic heterocycles. The number of rotatable bonds is 37. The first-order valence-corrected chi connectivity index (χ1v) is 20.8. The Morgan fingerprint density at radius 1 is 0.460 bits per heavy atom. The highest BCUT2D eigenvalue weighted by molar-refractivity contribution is 5.71. The van der Waals surface area contributed by atoms with Crippen LogP contribution in [0, 0.1) is 0 Å². The number of carbonyl (C=O) groups is 2. The summed E-state index contributed by atoms with van der Waals surface area (Å²) >= 11 is 0. The molecule has 0 heterocycles. The van der Waals surface area contributed by atoms with Gasteiger partial charge in [-0.1, -0.05) is 191 Å². The van der Waals surface area contributed by atoms with Crippen molar-refractivity contribution in [1.29, 1.82) is 0 Å². The minimum atomic E-state index is -0.568. The largest absolute Gasteiger partial charge is 0.461 e. The molecule has 50 heavy (non-hydrogen) atoms. The number of carbonyl (C=O) groups excluding carboxylic acids is 2. The first-order chi connectivity index (χ1) is 24.6. The predicted molar refractivity (Wildman–Crippen MR) is 214 cm³/mol. The molecule has 1 atom stereocenters. The Hall–Kier alpha value is -2.40. The second kappa shape index (κ2) is 41.0. The average molecular weight is 699 g/mol. The van der Waals surface area contributed by atoms with Crippen LogP contribution in [0.4, 0.5) is 0 Å². The van der Waals surface area contributed by atoms with Gasteiger partial charge in [-0.25, -0.2) is 0 Å². The van der Waals surface area contributed by atoms with Gasteiger partial charge in [0.15, 0.2) is 6.10 Å². The Labute approximate surface area is 309 Å². The van der Waals surface area contributed by atoms with E-state index in [4.69, 9.17) is 14.2 Å². The summed E-state index contributed by atoms with van der Waals surface area (Å²) in [7, 11) is 0. The van der Waals surface area contributed by atoms with Crippen molar-refractivity contribution in [1.82, 2.24) is 0 Å². The van der Waals surface area contributed by atoms with E-state index in [-0.39, 0.29) is 31.6 Å². The van der Waals surface area contributed by atoms with E-state index in [0.717, 1.165) is 64.2 Å². The molecule has 5 heteroatoms. The molecule has 0 fully saturated rings. The third-order valence-electron chi connectivity index (χ3n) is 8.60. The Morgan fingerprint density at radius 3 is 1.36 bits per heavy atom. The summed E-state index contributed by atoms with van der Waals surface area (Å²) in [6.07, 6.45) is 49.6. The highest BCUT2D eigenvalue weighted by Gasteiger charge is 2.17. The lowest BCUT2D eigenvalue weighted by Crippen LogP contribution is -2.30. The first-order valence-electron chi connectivity index (χ1n) is 20.8. The molecule has 1 unspecified atom stereocenters. The molecule has 0 bridgehead atoms. The zero-order valence-electron chi connectivity index (χ0n) is 32.9. The van der Waals surface area contributed by atoms with Gasteiger partial charge in [0.2, 0.25) is 0 Å². The Morgan fingerprint density at radius 2 is 0.880 bits per heavy atom. The van der Waals surface area contributed by atoms with Gasteiger partial charge in [0.25, 0.3) is 0 Å². The van der Waals surface area contributed by atoms with E-state index >= 15 is 0 Å². The van der Waals surface area contributed by atoms with Gasteiger partial charge in [0.1, 0.15) is 6.61 Å². The molecule has 0 aromatic rings. The molecule has 0 saturated heterocycles. The molecule has 0 radical (unpaired) electrons. The maximum atomic E-state index is 12.6. The van der Waals surface area contributed by atoms with Crippen molar-refractivity contribution in [3.8, 4) is 0 Å². The van der Waals surface area contributed by atoms with E-state index in [1.54, 1.807) is 0 Å². The lowest BCUT2D eigenvalue weighted by Gasteiger charge is -2.18. The molecule has 0 aliphatic carbocycles. The Kier molecular flexibility index (Phi) is 39.1. The summed E-state index contributed by atoms with van der Waals surface area (Å²) in [5, 5.41) is 0. The number of ether oxygens (including phenoxy) is 3. The number of unbranched alkanes of at least 4 members (excludes halogenated alkanes) is 17. The van der Waals surface area contributed by atoms with Crippen molar-refractivity contribution in [2.75, 3.05) is 19.8 Å². The van der Waals surface area contributed by atoms with Crippen LogP contribution in [-0.4, -0.2) is 37.9 Å². The third-order valence-corrected chi connectivity index (χ3v) is 8.60. The van der Waals surface area contributed by atoms with Gasteiger partial charge in [-0.15, -0.1) is 0 Å². The van der Waals surface area contributed by atoms with Crippen LogP contribution < -0.4 is 0 Å². The van der Waals surface area contributed by atoms with Crippen molar-refractivity contribution in [2.24, 2.45) is 0 Å². The van der Waals surface area contributed by atoms with Crippen LogP contribution in [-0.2, 0) is 23.8 Å². The number of hydrogen-bond donors (Lipinski definition) is 0. The second-order valence-electron chi connectivity index (χ2n) is 13.5. The molecule has 0 aliphatic rings. The normalized spacial score (nSPS) is 12.8. The maximum absolute atomic E-state index is 12.6. The fraction of sp³-hybridized carbons (Fsp3) is 0.733. The summed E-state index contributed by atoms with van der Waals surface area (Å²) in [5.74, 6) is -0.549. The van der Waals surface area contributed by atoms with E-state index < -0.39 is 6.10 Å². The van der Waals surface area contributed by atoms with Gasteiger partial charge in [-0.05, 0) is 44.9 Å². The highest BCUT2D eigenvalue weighted by Crippen LogP contribution is 2.13. The van der Waals surface area contributed by atoms with Gasteiger partial charge in [-0.3, -0.25) is 9.59 Å². The molecule has 0 aliphatic heterocycles. The number of hydrogen-bond acceptors (Lipinski definition) is 5. The molecular formula is C45H78O5. The smallest absolute Gasteiger partial charge is 0.309 e. The van der Waals surface area contributed by atoms with Crippen LogP contribution in [0.25, 0.3) is 0 Å². The van der Waals surface area contributed by atoms with Crippen LogP contribution >= 0.6 is 0 Å². The predicted octanol–water partition coefficient (Wildman–Crippen LogP) is 13.4. The summed E-state index contributed by atoms with van der Waals surface area (Å²) in [6.45, 7) is 7.56. The van der Waals surface area contributed by atoms with Gasteiger partial charge in [-0.2, -0.15) is 0 Å². The molecule has 0 rings (SSSR count). The van der Waals surface area contributed by atoms with Crippen molar-refractivity contribution >= 4 is 11.9 Å². The van der Waals surface area contributed by atoms with Crippen LogP contribution in [0.3, 0.4) is 0 Å². The van der Waals surface area contributed by atoms with E-state index in [0.29, 0.717) is 13.0 Å². The first kappa shape index (κ1) is 47.6. The Bertz CT molecular complexity index is 884. The van der Waals surface area contributed by atoms with Crippen molar-refractivity contribution in [3.05, 3.63) is 60.8 Å². The zero-order chi connectivity index (χ0) is 36.4. The fourth-order valence-corrected chi connectivity index (χ4v) is 5.52. The monoisotopic (exact) mass is 699 g/mol. The summed E-state index contributed by atoms with van der Waals surface area (Å²) in [4.78, 5) is 25.0. The van der Waals surface area contributed by atoms with Gasteiger partial charge >= 0.3 is 11.9 Å². The van der Waals surface area contributed by atoms with Gasteiger partial charge < -0.3 is 14.2 Å². The summed E-state index contributed by atoms with van der Waals surface area (Å²) in [6, 6.07) is 0. The number of esters is 2. The molecule has 0 N–H and O–H groups in total. The van der Waals surface area contributed by atoms with Crippen LogP contribution in [0.5, 0.6) is 0 Å². The van der Waals surface area contributed by atoms with E-state index in [1.807, 2.05) is 12.2 Å². The molecule has 0 aromatic carbocycles. The van der Waals surface area contributed by atoms with Crippen molar-refractivity contribution in [3.63, 3.8) is 0 Å². The average Bonchev–Trinajstić information content (AvgIpc) is 3.11. The Balaban J connectivity index is 4.32. The summed E-state index contributed by atoms with van der Waals surface area (Å²) in [5.41, 5.74) is 0. The second-order valence-corrected chi connectivity index (χ2v) is 13.5. The van der Waals surface area contributed by atoms with E-state index in [2.05, 4.69) is 69.4 Å². The molecule has 5 nitrogen and oxygen atoms in total. The van der Waals surface area contributed by atoms with Gasteiger partial charge in [0, 0.05) is 13.0 Å². The highest BCUT2D eigenvalue weighted by atomic mass is 16.6. The molecule has 0 spiro atoms. The van der Waals surface area contributed by atoms with Crippen LogP contribution in [0.15, 0.2) is 60.8 Å². The van der Waals surface area contributed by atoms with Crippen molar-refractivity contribution < 1.29 is 23.8 Å². The lowest BCUT2D eigenvalue weighted by atomic mass is 10.1. The van der Waals surface area contributed by atoms with Crippen LogP contribution in [0.1, 0.15) is 188 Å². The minimum Gasteiger partial charge on any atom is -0.461 e. The molecular weight excluding hydrogens is 620 g/mol. The number of allylic oxidation sites excluding steroid dienone is 9. The SMILES string of the molecule is CC/C=C\C/C=C\C/C=C\C/C=C\C/C=C\CC(=O)OCC(COCCCCCCCCCCCCCC)OC(=O)CCCCCCCCC. The van der Waals surface area contributed by atoms with Gasteiger partial charge in [0.05, 0.1) is 13.0 Å². The maximum Gasteiger partial charge on any atom is 0.309 e. The van der Waals surface area contributed by atoms with E-state index in [1.165, 1.54) is 89.9 Å². The topological polar surface area (TPSA) is 61.8 Å². The summed E-state index contributed by atoms with van der Waals surface area (Å²) < 4.78 is 17.1.